The van der Waals surface area contributed by atoms with E-state index in [9.17, 15) is 18.0 Å². The van der Waals surface area contributed by atoms with Crippen molar-refractivity contribution in [2.24, 2.45) is 5.41 Å². The highest BCUT2D eigenvalue weighted by molar-refractivity contribution is 5.71. The average molecular weight is 200 g/mol. The van der Waals surface area contributed by atoms with Gasteiger partial charge in [0.25, 0.3) is 0 Å². The Kier molecular flexibility index (Phi) is 3.32. The minimum absolute atomic E-state index is 0.841. The molecule has 13 heavy (non-hydrogen) atoms. The molecule has 0 spiro atoms. The lowest BCUT2D eigenvalue weighted by molar-refractivity contribution is -0.220. The molecule has 0 aromatic heterocycles. The van der Waals surface area contributed by atoms with Crippen molar-refractivity contribution in [3.8, 4) is 0 Å². The van der Waals surface area contributed by atoms with Gasteiger partial charge in [0.15, 0.2) is 6.10 Å². The Hall–Kier alpha value is -0.780. The van der Waals surface area contributed by atoms with Gasteiger partial charge < -0.3 is 10.2 Å². The molecule has 1 unspecified atom stereocenters. The Labute approximate surface area is 73.2 Å². The van der Waals surface area contributed by atoms with Crippen molar-refractivity contribution in [2.75, 3.05) is 0 Å². The number of hydrogen-bond donors (Lipinski definition) is 2. The SMILES string of the molecule is CC(C)(CC(O)C(=O)O)C(F)(F)F. The lowest BCUT2D eigenvalue weighted by Gasteiger charge is -2.28. The van der Waals surface area contributed by atoms with Gasteiger partial charge in [-0.3, -0.25) is 0 Å². The molecule has 0 radical (unpaired) electrons. The molecule has 0 heterocycles. The van der Waals surface area contributed by atoms with Crippen LogP contribution in [0.3, 0.4) is 0 Å². The summed E-state index contributed by atoms with van der Waals surface area (Å²) < 4.78 is 36.5. The van der Waals surface area contributed by atoms with Gasteiger partial charge in [0.1, 0.15) is 0 Å². The predicted octanol–water partition coefficient (Wildman–Crippen LogP) is 1.41. The van der Waals surface area contributed by atoms with Crippen LogP contribution in [0.1, 0.15) is 20.3 Å². The van der Waals surface area contributed by atoms with Crippen LogP contribution < -0.4 is 0 Å². The Balaban J connectivity index is 4.43. The lowest BCUT2D eigenvalue weighted by atomic mass is 9.86. The highest BCUT2D eigenvalue weighted by atomic mass is 19.4. The zero-order chi connectivity index (χ0) is 10.9. The summed E-state index contributed by atoms with van der Waals surface area (Å²) in [4.78, 5) is 10.1. The normalized spacial score (nSPS) is 15.5. The fourth-order valence-electron chi connectivity index (χ4n) is 0.686. The predicted molar refractivity (Wildman–Crippen MR) is 38.1 cm³/mol. The summed E-state index contributed by atoms with van der Waals surface area (Å²) in [6.07, 6.45) is -7.33. The number of hydrogen-bond acceptors (Lipinski definition) is 2. The summed E-state index contributed by atoms with van der Waals surface area (Å²) in [5.41, 5.74) is -2.19. The van der Waals surface area contributed by atoms with Crippen molar-refractivity contribution in [3.63, 3.8) is 0 Å². The minimum atomic E-state index is -4.51. The van der Waals surface area contributed by atoms with Gasteiger partial charge in [0.2, 0.25) is 0 Å². The van der Waals surface area contributed by atoms with Crippen LogP contribution in [-0.2, 0) is 4.79 Å². The Morgan fingerprint density at radius 2 is 1.77 bits per heavy atom. The highest BCUT2D eigenvalue weighted by Crippen LogP contribution is 2.40. The van der Waals surface area contributed by atoms with E-state index in [1.807, 2.05) is 0 Å². The maximum Gasteiger partial charge on any atom is 0.394 e. The molecule has 0 fully saturated rings. The average Bonchev–Trinajstić information content (AvgIpc) is 1.83. The molecular weight excluding hydrogens is 189 g/mol. The standard InChI is InChI=1S/C7H11F3O3/c1-6(2,7(8,9)10)3-4(11)5(12)13/h4,11H,3H2,1-2H3,(H,12,13). The number of aliphatic hydroxyl groups excluding tert-OH is 1. The second kappa shape index (κ2) is 3.53. The summed E-state index contributed by atoms with van der Waals surface area (Å²) in [5.74, 6) is -1.64. The molecule has 0 bridgehead atoms. The van der Waals surface area contributed by atoms with Crippen LogP contribution in [0.15, 0.2) is 0 Å². The van der Waals surface area contributed by atoms with E-state index in [1.165, 1.54) is 0 Å². The molecular formula is C7H11F3O3. The first-order chi connectivity index (χ1) is 5.58. The first kappa shape index (κ1) is 12.2. The van der Waals surface area contributed by atoms with Gasteiger partial charge in [-0.25, -0.2) is 4.79 Å². The van der Waals surface area contributed by atoms with Gasteiger partial charge in [-0.05, 0) is 6.42 Å². The van der Waals surface area contributed by atoms with E-state index in [0.717, 1.165) is 13.8 Å². The maximum atomic E-state index is 12.2. The third kappa shape index (κ3) is 3.22. The van der Waals surface area contributed by atoms with Gasteiger partial charge in [0, 0.05) is 0 Å². The molecule has 3 nitrogen and oxygen atoms in total. The number of aliphatic hydroxyl groups is 1. The third-order valence-electron chi connectivity index (χ3n) is 1.76. The van der Waals surface area contributed by atoms with E-state index < -0.39 is 30.1 Å². The van der Waals surface area contributed by atoms with Crippen LogP contribution in [0, 0.1) is 5.41 Å². The van der Waals surface area contributed by atoms with Crippen molar-refractivity contribution < 1.29 is 28.2 Å². The number of aliphatic carboxylic acids is 1. The van der Waals surface area contributed by atoms with Crippen molar-refractivity contribution in [1.29, 1.82) is 0 Å². The quantitative estimate of drug-likeness (QED) is 0.724. The molecule has 1 atom stereocenters. The van der Waals surface area contributed by atoms with Crippen molar-refractivity contribution in [2.45, 2.75) is 32.5 Å². The van der Waals surface area contributed by atoms with Crippen molar-refractivity contribution in [3.05, 3.63) is 0 Å². The van der Waals surface area contributed by atoms with Gasteiger partial charge >= 0.3 is 12.1 Å². The fourth-order valence-corrected chi connectivity index (χ4v) is 0.686. The van der Waals surface area contributed by atoms with E-state index in [1.54, 1.807) is 0 Å². The Morgan fingerprint density at radius 1 is 1.38 bits per heavy atom. The van der Waals surface area contributed by atoms with E-state index in [-0.39, 0.29) is 0 Å². The van der Waals surface area contributed by atoms with E-state index in [4.69, 9.17) is 10.2 Å². The number of carboxylic acids is 1. The molecule has 0 amide bonds. The van der Waals surface area contributed by atoms with Gasteiger partial charge in [0.05, 0.1) is 5.41 Å². The molecule has 0 aromatic carbocycles. The van der Waals surface area contributed by atoms with Gasteiger partial charge in [-0.1, -0.05) is 13.8 Å². The lowest BCUT2D eigenvalue weighted by Crippen LogP contribution is -2.37. The van der Waals surface area contributed by atoms with E-state index >= 15 is 0 Å². The van der Waals surface area contributed by atoms with Crippen LogP contribution in [0.4, 0.5) is 13.2 Å². The van der Waals surface area contributed by atoms with E-state index in [2.05, 4.69) is 0 Å². The van der Waals surface area contributed by atoms with E-state index in [0.29, 0.717) is 0 Å². The second-order valence-corrected chi connectivity index (χ2v) is 3.44. The first-order valence-corrected chi connectivity index (χ1v) is 3.55. The molecule has 78 valence electrons. The molecule has 2 N–H and O–H groups in total. The number of alkyl halides is 3. The van der Waals surface area contributed by atoms with Crippen LogP contribution in [0.25, 0.3) is 0 Å². The maximum absolute atomic E-state index is 12.2. The van der Waals surface area contributed by atoms with Crippen LogP contribution in [-0.4, -0.2) is 28.5 Å². The van der Waals surface area contributed by atoms with Crippen LogP contribution in [0.2, 0.25) is 0 Å². The Bertz CT molecular complexity index is 198. The summed E-state index contributed by atoms with van der Waals surface area (Å²) in [6.45, 7) is 1.69. The molecule has 0 saturated heterocycles. The second-order valence-electron chi connectivity index (χ2n) is 3.44. The first-order valence-electron chi connectivity index (χ1n) is 3.55. The van der Waals surface area contributed by atoms with Crippen molar-refractivity contribution in [1.82, 2.24) is 0 Å². The molecule has 0 aliphatic carbocycles. The summed E-state index contributed by atoms with van der Waals surface area (Å²) in [7, 11) is 0. The topological polar surface area (TPSA) is 57.5 Å². The highest BCUT2D eigenvalue weighted by Gasteiger charge is 2.48. The molecule has 0 aliphatic rings. The zero-order valence-electron chi connectivity index (χ0n) is 7.22. The molecule has 0 saturated carbocycles. The third-order valence-corrected chi connectivity index (χ3v) is 1.76. The zero-order valence-corrected chi connectivity index (χ0v) is 7.22. The fraction of sp³-hybridized carbons (Fsp3) is 0.857. The molecule has 6 heteroatoms. The van der Waals surface area contributed by atoms with Gasteiger partial charge in [-0.2, -0.15) is 13.2 Å². The summed E-state index contributed by atoms with van der Waals surface area (Å²) in [6, 6.07) is 0. The number of rotatable bonds is 3. The van der Waals surface area contributed by atoms with Gasteiger partial charge in [-0.15, -0.1) is 0 Å². The largest absolute Gasteiger partial charge is 0.479 e. The minimum Gasteiger partial charge on any atom is -0.479 e. The number of carboxylic acid groups (broad SMARTS) is 1. The van der Waals surface area contributed by atoms with Crippen LogP contribution >= 0.6 is 0 Å². The monoisotopic (exact) mass is 200 g/mol. The summed E-state index contributed by atoms with van der Waals surface area (Å²) >= 11 is 0. The number of carbonyl (C=O) groups is 1. The molecule has 0 rings (SSSR count). The number of halogens is 3. The molecule has 0 aliphatic heterocycles. The molecule has 0 aromatic rings. The summed E-state index contributed by atoms with van der Waals surface area (Å²) in [5, 5.41) is 16.9. The smallest absolute Gasteiger partial charge is 0.394 e. The van der Waals surface area contributed by atoms with Crippen molar-refractivity contribution >= 4 is 5.97 Å². The van der Waals surface area contributed by atoms with Crippen LogP contribution in [0.5, 0.6) is 0 Å². The Morgan fingerprint density at radius 3 is 2.00 bits per heavy atom.